The molecule has 0 aliphatic rings. The van der Waals surface area contributed by atoms with E-state index in [-0.39, 0.29) is 27.6 Å². The molecule has 3 N–H and O–H groups in total. The monoisotopic (exact) mass is 312 g/mol. The summed E-state index contributed by atoms with van der Waals surface area (Å²) in [6, 6.07) is 5.84. The Morgan fingerprint density at radius 2 is 1.95 bits per heavy atom. The molecular weight excluding hydrogens is 302 g/mol. The maximum Gasteiger partial charge on any atom is 0.340 e. The molecule has 0 bridgehead atoms. The number of nitrogens with one attached hydrogen (secondary N) is 1. The predicted octanol–water partition coefficient (Wildman–Crippen LogP) is 3.73. The maximum atomic E-state index is 13.9. The molecule has 0 atom stereocenters. The van der Waals surface area contributed by atoms with Crippen LogP contribution in [0.2, 0.25) is 5.02 Å². The van der Waals surface area contributed by atoms with E-state index in [2.05, 4.69) is 10.1 Å². The second kappa shape index (κ2) is 5.97. The van der Waals surface area contributed by atoms with Gasteiger partial charge in [0.15, 0.2) is 0 Å². The lowest BCUT2D eigenvalue weighted by atomic mass is 10.1. The Morgan fingerprint density at radius 1 is 1.24 bits per heavy atom. The Kier molecular flexibility index (Phi) is 4.28. The highest BCUT2D eigenvalue weighted by Gasteiger charge is 2.15. The lowest BCUT2D eigenvalue weighted by molar-refractivity contribution is 0.0602. The lowest BCUT2D eigenvalue weighted by Crippen LogP contribution is -2.07. The number of nitrogen functional groups attached to an aromatic ring is 1. The van der Waals surface area contributed by atoms with Gasteiger partial charge in [-0.25, -0.2) is 13.6 Å². The largest absolute Gasteiger partial charge is 0.465 e. The fourth-order valence-corrected chi connectivity index (χ4v) is 1.97. The van der Waals surface area contributed by atoms with Crippen LogP contribution in [-0.4, -0.2) is 13.1 Å². The van der Waals surface area contributed by atoms with Gasteiger partial charge in [-0.05, 0) is 30.3 Å². The van der Waals surface area contributed by atoms with E-state index in [1.165, 1.54) is 19.2 Å². The van der Waals surface area contributed by atoms with Gasteiger partial charge in [0.2, 0.25) is 0 Å². The third-order valence-electron chi connectivity index (χ3n) is 2.69. The number of anilines is 3. The molecule has 0 radical (unpaired) electrons. The van der Waals surface area contributed by atoms with Crippen molar-refractivity contribution in [2.45, 2.75) is 0 Å². The van der Waals surface area contributed by atoms with Crippen molar-refractivity contribution in [2.75, 3.05) is 18.2 Å². The SMILES string of the molecule is COC(=O)c1cc(Nc2cc(F)cc(Cl)c2)c(F)cc1N. The summed E-state index contributed by atoms with van der Waals surface area (Å²) in [6.07, 6.45) is 0. The highest BCUT2D eigenvalue weighted by atomic mass is 35.5. The van der Waals surface area contributed by atoms with Gasteiger partial charge in [0, 0.05) is 16.4 Å². The van der Waals surface area contributed by atoms with Gasteiger partial charge in [0.25, 0.3) is 0 Å². The molecule has 0 saturated heterocycles. The molecule has 0 saturated carbocycles. The van der Waals surface area contributed by atoms with Crippen LogP contribution >= 0.6 is 11.6 Å². The quantitative estimate of drug-likeness (QED) is 0.669. The normalized spacial score (nSPS) is 10.3. The van der Waals surface area contributed by atoms with Gasteiger partial charge in [-0.15, -0.1) is 0 Å². The first kappa shape index (κ1) is 15.1. The van der Waals surface area contributed by atoms with E-state index >= 15 is 0 Å². The number of benzene rings is 2. The molecule has 0 aliphatic heterocycles. The number of carbonyl (C=O) groups is 1. The van der Waals surface area contributed by atoms with Crippen LogP contribution in [0.4, 0.5) is 25.8 Å². The molecule has 2 aromatic carbocycles. The van der Waals surface area contributed by atoms with E-state index < -0.39 is 17.6 Å². The first-order valence-electron chi connectivity index (χ1n) is 5.81. The van der Waals surface area contributed by atoms with Crippen molar-refractivity contribution in [3.05, 3.63) is 52.6 Å². The van der Waals surface area contributed by atoms with E-state index in [9.17, 15) is 13.6 Å². The predicted molar refractivity (Wildman–Crippen MR) is 76.8 cm³/mol. The summed E-state index contributed by atoms with van der Waals surface area (Å²) in [5, 5.41) is 2.79. The van der Waals surface area contributed by atoms with Gasteiger partial charge in [0.1, 0.15) is 11.6 Å². The number of rotatable bonds is 3. The second-order valence-electron chi connectivity index (χ2n) is 4.19. The summed E-state index contributed by atoms with van der Waals surface area (Å²) >= 11 is 5.72. The topological polar surface area (TPSA) is 64.3 Å². The van der Waals surface area contributed by atoms with Gasteiger partial charge in [-0.2, -0.15) is 0 Å². The van der Waals surface area contributed by atoms with Gasteiger partial charge >= 0.3 is 5.97 Å². The molecule has 0 unspecified atom stereocenters. The van der Waals surface area contributed by atoms with Crippen molar-refractivity contribution in [2.24, 2.45) is 0 Å². The first-order valence-corrected chi connectivity index (χ1v) is 6.19. The van der Waals surface area contributed by atoms with Crippen LogP contribution in [0.3, 0.4) is 0 Å². The van der Waals surface area contributed by atoms with Crippen LogP contribution < -0.4 is 11.1 Å². The molecule has 7 heteroatoms. The van der Waals surface area contributed by atoms with Gasteiger partial charge in [-0.3, -0.25) is 0 Å². The van der Waals surface area contributed by atoms with Crippen LogP contribution in [0.25, 0.3) is 0 Å². The summed E-state index contributed by atoms with van der Waals surface area (Å²) in [7, 11) is 1.19. The third-order valence-corrected chi connectivity index (χ3v) is 2.90. The fraction of sp³-hybridized carbons (Fsp3) is 0.0714. The average Bonchev–Trinajstić information content (AvgIpc) is 2.40. The molecule has 2 rings (SSSR count). The third kappa shape index (κ3) is 3.41. The van der Waals surface area contributed by atoms with E-state index in [0.29, 0.717) is 0 Å². The molecule has 0 heterocycles. The zero-order chi connectivity index (χ0) is 15.6. The number of halogens is 3. The zero-order valence-electron chi connectivity index (χ0n) is 10.9. The van der Waals surface area contributed by atoms with Crippen molar-refractivity contribution >= 4 is 34.6 Å². The smallest absolute Gasteiger partial charge is 0.340 e. The van der Waals surface area contributed by atoms with Crippen molar-refractivity contribution in [1.82, 2.24) is 0 Å². The number of ether oxygens (including phenoxy) is 1. The standard InChI is InChI=1S/C14H11ClF2N2O2/c1-21-14(20)10-5-13(11(17)6-12(10)18)19-9-3-7(15)2-8(16)4-9/h2-6,19H,18H2,1H3. The minimum absolute atomic E-state index is 0.00361. The number of methoxy groups -OCH3 is 1. The molecule has 0 aliphatic carbocycles. The molecule has 110 valence electrons. The van der Waals surface area contributed by atoms with Crippen molar-refractivity contribution < 1.29 is 18.3 Å². The Morgan fingerprint density at radius 3 is 2.57 bits per heavy atom. The zero-order valence-corrected chi connectivity index (χ0v) is 11.7. The molecule has 0 aromatic heterocycles. The molecule has 0 amide bonds. The summed E-state index contributed by atoms with van der Waals surface area (Å²) < 4.78 is 31.7. The van der Waals surface area contributed by atoms with E-state index in [1.54, 1.807) is 0 Å². The van der Waals surface area contributed by atoms with Crippen molar-refractivity contribution in [3.8, 4) is 0 Å². The van der Waals surface area contributed by atoms with Crippen LogP contribution in [0, 0.1) is 11.6 Å². The Hall–Kier alpha value is -2.34. The molecule has 2 aromatic rings. The van der Waals surface area contributed by atoms with Crippen LogP contribution in [0.15, 0.2) is 30.3 Å². The molecule has 0 spiro atoms. The van der Waals surface area contributed by atoms with Crippen molar-refractivity contribution in [1.29, 1.82) is 0 Å². The number of hydrogen-bond donors (Lipinski definition) is 2. The van der Waals surface area contributed by atoms with Gasteiger partial charge in [-0.1, -0.05) is 11.6 Å². The minimum atomic E-state index is -0.701. The average molecular weight is 313 g/mol. The van der Waals surface area contributed by atoms with Crippen molar-refractivity contribution in [3.63, 3.8) is 0 Å². The van der Waals surface area contributed by atoms with E-state index in [1.807, 2.05) is 0 Å². The number of carbonyl (C=O) groups excluding carboxylic acids is 1. The summed E-state index contributed by atoms with van der Waals surface area (Å²) in [6.45, 7) is 0. The van der Waals surface area contributed by atoms with Gasteiger partial charge < -0.3 is 15.8 Å². The summed E-state index contributed by atoms with van der Waals surface area (Å²) in [5.74, 6) is -1.97. The van der Waals surface area contributed by atoms with Crippen LogP contribution in [-0.2, 0) is 4.74 Å². The van der Waals surface area contributed by atoms with Crippen LogP contribution in [0.5, 0.6) is 0 Å². The Labute approximate surface area is 124 Å². The van der Waals surface area contributed by atoms with E-state index in [0.717, 1.165) is 18.2 Å². The lowest BCUT2D eigenvalue weighted by Gasteiger charge is -2.11. The van der Waals surface area contributed by atoms with E-state index in [4.69, 9.17) is 17.3 Å². The second-order valence-corrected chi connectivity index (χ2v) is 4.63. The first-order chi connectivity index (χ1) is 9.90. The highest BCUT2D eigenvalue weighted by molar-refractivity contribution is 6.30. The molecular formula is C14H11ClF2N2O2. The Balaban J connectivity index is 2.41. The number of hydrogen-bond acceptors (Lipinski definition) is 4. The summed E-state index contributed by atoms with van der Waals surface area (Å²) in [4.78, 5) is 11.5. The Bertz CT molecular complexity index is 687. The highest BCUT2D eigenvalue weighted by Crippen LogP contribution is 2.27. The number of esters is 1. The minimum Gasteiger partial charge on any atom is -0.465 e. The fourth-order valence-electron chi connectivity index (χ4n) is 1.75. The summed E-state index contributed by atoms with van der Waals surface area (Å²) in [5.41, 5.74) is 5.69. The molecule has 21 heavy (non-hydrogen) atoms. The maximum absolute atomic E-state index is 13.9. The number of nitrogens with two attached hydrogens (primary N) is 1. The van der Waals surface area contributed by atoms with Gasteiger partial charge in [0.05, 0.1) is 18.4 Å². The molecule has 4 nitrogen and oxygen atoms in total. The van der Waals surface area contributed by atoms with Crippen LogP contribution in [0.1, 0.15) is 10.4 Å². The molecule has 0 fully saturated rings.